The SMILES string of the molecule is O=C(Nc1c2c(nn1-c1ccc(F)cc1)CS(=O)(=O)C2)c1cc(C(F)(F)F)cc(C(F)(F)F)c1. The minimum absolute atomic E-state index is 0.0284. The summed E-state index contributed by atoms with van der Waals surface area (Å²) in [5.74, 6) is -3.28. The lowest BCUT2D eigenvalue weighted by molar-refractivity contribution is -0.143. The molecule has 0 unspecified atom stereocenters. The third kappa shape index (κ3) is 4.62. The summed E-state index contributed by atoms with van der Waals surface area (Å²) in [5.41, 5.74) is -4.09. The summed E-state index contributed by atoms with van der Waals surface area (Å²) in [7, 11) is -3.63. The van der Waals surface area contributed by atoms with Gasteiger partial charge in [-0.05, 0) is 42.5 Å². The Kier molecular flexibility index (Phi) is 5.46. The molecule has 34 heavy (non-hydrogen) atoms. The quantitative estimate of drug-likeness (QED) is 0.520. The minimum Gasteiger partial charge on any atom is -0.306 e. The Labute approximate surface area is 186 Å². The summed E-state index contributed by atoms with van der Waals surface area (Å²) in [6, 6.07) is 4.96. The molecule has 0 fully saturated rings. The molecule has 1 amide bonds. The maximum atomic E-state index is 13.3. The Morgan fingerprint density at radius 1 is 0.912 bits per heavy atom. The van der Waals surface area contributed by atoms with Crippen molar-refractivity contribution in [1.82, 2.24) is 9.78 Å². The van der Waals surface area contributed by atoms with Crippen LogP contribution in [0.4, 0.5) is 36.6 Å². The number of alkyl halides is 6. The van der Waals surface area contributed by atoms with E-state index < -0.39 is 62.1 Å². The highest BCUT2D eigenvalue weighted by Crippen LogP contribution is 2.37. The monoisotopic (exact) mass is 507 g/mol. The van der Waals surface area contributed by atoms with Crippen LogP contribution in [0.1, 0.15) is 32.7 Å². The fraction of sp³-hybridized carbons (Fsp3) is 0.200. The van der Waals surface area contributed by atoms with Crippen molar-refractivity contribution in [3.05, 3.63) is 76.2 Å². The fourth-order valence-corrected chi connectivity index (χ4v) is 4.90. The van der Waals surface area contributed by atoms with Gasteiger partial charge in [-0.1, -0.05) is 0 Å². The molecule has 2 aromatic carbocycles. The number of fused-ring (bicyclic) bond motifs is 1. The maximum absolute atomic E-state index is 13.3. The van der Waals surface area contributed by atoms with E-state index >= 15 is 0 Å². The van der Waals surface area contributed by atoms with E-state index in [1.54, 1.807) is 0 Å². The first-order valence-electron chi connectivity index (χ1n) is 9.32. The number of sulfone groups is 1. The number of hydrogen-bond donors (Lipinski definition) is 1. The highest BCUT2D eigenvalue weighted by atomic mass is 32.2. The number of hydrogen-bond acceptors (Lipinski definition) is 4. The number of amides is 1. The number of halogens is 7. The lowest BCUT2D eigenvalue weighted by Crippen LogP contribution is -2.19. The average molecular weight is 507 g/mol. The molecule has 1 aromatic heterocycles. The van der Waals surface area contributed by atoms with Crippen molar-refractivity contribution in [2.75, 3.05) is 5.32 Å². The molecule has 0 radical (unpaired) electrons. The molecule has 0 saturated carbocycles. The van der Waals surface area contributed by atoms with Crippen molar-refractivity contribution < 1.29 is 43.9 Å². The molecule has 0 bridgehead atoms. The van der Waals surface area contributed by atoms with E-state index in [4.69, 9.17) is 0 Å². The van der Waals surface area contributed by atoms with Crippen LogP contribution in [-0.4, -0.2) is 24.1 Å². The standard InChI is InChI=1S/C20H12F7N3O3S/c21-13-1-3-14(4-2-13)30-17(15-8-34(32,33)9-16(15)29-30)28-18(31)10-5-11(19(22,23)24)7-12(6-10)20(25,26)27/h1-7H,8-9H2,(H,28,31). The number of benzene rings is 2. The Hall–Kier alpha value is -3.42. The fourth-order valence-electron chi connectivity index (χ4n) is 3.41. The second kappa shape index (κ2) is 7.82. The minimum atomic E-state index is -5.17. The van der Waals surface area contributed by atoms with E-state index in [9.17, 15) is 43.9 Å². The van der Waals surface area contributed by atoms with Gasteiger partial charge in [0.2, 0.25) is 0 Å². The van der Waals surface area contributed by atoms with E-state index in [-0.39, 0.29) is 41.0 Å². The molecule has 180 valence electrons. The molecule has 1 aliphatic rings. The van der Waals surface area contributed by atoms with Crippen LogP contribution in [0.3, 0.4) is 0 Å². The molecule has 14 heteroatoms. The Morgan fingerprint density at radius 2 is 1.47 bits per heavy atom. The first-order valence-corrected chi connectivity index (χ1v) is 11.1. The van der Waals surface area contributed by atoms with Crippen molar-refractivity contribution in [3.8, 4) is 5.69 Å². The lowest BCUT2D eigenvalue weighted by Gasteiger charge is -2.15. The number of rotatable bonds is 3. The van der Waals surface area contributed by atoms with Gasteiger partial charge in [0.05, 0.1) is 34.0 Å². The predicted octanol–water partition coefficient (Wildman–Crippen LogP) is 4.73. The molecular weight excluding hydrogens is 495 g/mol. The van der Waals surface area contributed by atoms with Crippen LogP contribution in [0.2, 0.25) is 0 Å². The van der Waals surface area contributed by atoms with Gasteiger partial charge in [0.15, 0.2) is 9.84 Å². The molecule has 1 N–H and O–H groups in total. The van der Waals surface area contributed by atoms with E-state index in [1.165, 1.54) is 12.1 Å². The summed E-state index contributed by atoms with van der Waals surface area (Å²) >= 11 is 0. The van der Waals surface area contributed by atoms with Gasteiger partial charge in [-0.3, -0.25) is 4.79 Å². The van der Waals surface area contributed by atoms with Crippen LogP contribution in [0.5, 0.6) is 0 Å². The van der Waals surface area contributed by atoms with Crippen LogP contribution < -0.4 is 5.32 Å². The van der Waals surface area contributed by atoms with E-state index in [2.05, 4.69) is 10.4 Å². The largest absolute Gasteiger partial charge is 0.416 e. The van der Waals surface area contributed by atoms with Gasteiger partial charge in [-0.15, -0.1) is 0 Å². The predicted molar refractivity (Wildman–Crippen MR) is 104 cm³/mol. The zero-order chi connectivity index (χ0) is 25.1. The molecule has 0 spiro atoms. The molecular formula is C20H12F7N3O3S. The first-order chi connectivity index (χ1) is 15.6. The van der Waals surface area contributed by atoms with Crippen LogP contribution in [0, 0.1) is 5.82 Å². The topological polar surface area (TPSA) is 81.1 Å². The molecule has 3 aromatic rings. The van der Waals surface area contributed by atoms with Crippen LogP contribution >= 0.6 is 0 Å². The summed E-state index contributed by atoms with van der Waals surface area (Å²) in [6.45, 7) is 0. The number of nitrogens with zero attached hydrogens (tertiary/aromatic N) is 2. The first kappa shape index (κ1) is 23.7. The molecule has 0 saturated heterocycles. The molecule has 4 rings (SSSR count). The third-order valence-electron chi connectivity index (χ3n) is 4.94. The van der Waals surface area contributed by atoms with Gasteiger partial charge in [-0.25, -0.2) is 17.5 Å². The Morgan fingerprint density at radius 3 is 2.00 bits per heavy atom. The van der Waals surface area contributed by atoms with E-state index in [1.807, 2.05) is 0 Å². The van der Waals surface area contributed by atoms with Crippen molar-refractivity contribution >= 4 is 21.6 Å². The Bertz CT molecular complexity index is 1360. The Balaban J connectivity index is 1.80. The molecule has 1 aliphatic heterocycles. The van der Waals surface area contributed by atoms with Gasteiger partial charge in [0.25, 0.3) is 5.91 Å². The van der Waals surface area contributed by atoms with Gasteiger partial charge in [0.1, 0.15) is 11.6 Å². The zero-order valence-electron chi connectivity index (χ0n) is 16.6. The summed E-state index contributed by atoms with van der Waals surface area (Å²) < 4.78 is 117. The van der Waals surface area contributed by atoms with Gasteiger partial charge in [-0.2, -0.15) is 31.4 Å². The van der Waals surface area contributed by atoms with Crippen molar-refractivity contribution in [3.63, 3.8) is 0 Å². The van der Waals surface area contributed by atoms with Gasteiger partial charge >= 0.3 is 12.4 Å². The molecule has 6 nitrogen and oxygen atoms in total. The third-order valence-corrected chi connectivity index (χ3v) is 6.38. The number of carbonyl (C=O) groups excluding carboxylic acids is 1. The smallest absolute Gasteiger partial charge is 0.306 e. The zero-order valence-corrected chi connectivity index (χ0v) is 17.4. The lowest BCUT2D eigenvalue weighted by atomic mass is 10.0. The van der Waals surface area contributed by atoms with Crippen molar-refractivity contribution in [2.24, 2.45) is 0 Å². The van der Waals surface area contributed by atoms with Crippen LogP contribution in [0.15, 0.2) is 42.5 Å². The maximum Gasteiger partial charge on any atom is 0.416 e. The van der Waals surface area contributed by atoms with Gasteiger partial charge < -0.3 is 5.32 Å². The summed E-state index contributed by atoms with van der Waals surface area (Å²) in [6.07, 6.45) is -10.3. The summed E-state index contributed by atoms with van der Waals surface area (Å²) in [5, 5.41) is 6.27. The number of nitrogens with one attached hydrogen (secondary N) is 1. The van der Waals surface area contributed by atoms with Crippen LogP contribution in [-0.2, 0) is 33.7 Å². The van der Waals surface area contributed by atoms with Gasteiger partial charge in [0, 0.05) is 11.1 Å². The van der Waals surface area contributed by atoms with Crippen molar-refractivity contribution in [2.45, 2.75) is 23.9 Å². The average Bonchev–Trinajstić information content (AvgIpc) is 3.19. The number of anilines is 1. The van der Waals surface area contributed by atoms with E-state index in [0.29, 0.717) is 0 Å². The molecule has 0 atom stereocenters. The summed E-state index contributed by atoms with van der Waals surface area (Å²) in [4.78, 5) is 12.8. The number of carbonyl (C=O) groups is 1. The second-order valence-corrected chi connectivity index (χ2v) is 9.51. The molecule has 2 heterocycles. The normalized spacial score (nSPS) is 15.3. The van der Waals surface area contributed by atoms with Crippen LogP contribution in [0.25, 0.3) is 5.69 Å². The highest BCUT2D eigenvalue weighted by molar-refractivity contribution is 7.90. The van der Waals surface area contributed by atoms with E-state index in [0.717, 1.165) is 16.8 Å². The number of aromatic nitrogens is 2. The van der Waals surface area contributed by atoms with Crippen molar-refractivity contribution in [1.29, 1.82) is 0 Å². The highest BCUT2D eigenvalue weighted by Gasteiger charge is 2.38. The molecule has 0 aliphatic carbocycles. The second-order valence-electron chi connectivity index (χ2n) is 7.44.